The number of rotatable bonds is 5. The quantitative estimate of drug-likeness (QED) is 0.858. The Labute approximate surface area is 136 Å². The summed E-state index contributed by atoms with van der Waals surface area (Å²) in [4.78, 5) is 25.0. The van der Waals surface area contributed by atoms with E-state index in [0.29, 0.717) is 6.54 Å². The fourth-order valence-corrected chi connectivity index (χ4v) is 2.13. The van der Waals surface area contributed by atoms with Crippen LogP contribution < -0.4 is 5.32 Å². The first-order valence-electron chi connectivity index (χ1n) is 6.58. The van der Waals surface area contributed by atoms with Crippen LogP contribution >= 0.6 is 15.9 Å². The summed E-state index contributed by atoms with van der Waals surface area (Å²) >= 11 is 3.38. The average molecular weight is 366 g/mol. The van der Waals surface area contributed by atoms with Gasteiger partial charge in [0.05, 0.1) is 6.20 Å². The highest BCUT2D eigenvalue weighted by molar-refractivity contribution is 9.10. The van der Waals surface area contributed by atoms with Crippen molar-refractivity contribution in [2.24, 2.45) is 0 Å². The van der Waals surface area contributed by atoms with Gasteiger partial charge in [0.1, 0.15) is 6.54 Å². The molecule has 1 aromatic carbocycles. The minimum Gasteiger partial charge on any atom is -0.347 e. The molecule has 0 fully saturated rings. The molecular formula is C14H16BrN5O2. The van der Waals surface area contributed by atoms with Crippen molar-refractivity contribution >= 4 is 27.7 Å². The van der Waals surface area contributed by atoms with Gasteiger partial charge < -0.3 is 10.2 Å². The molecule has 7 nitrogen and oxygen atoms in total. The van der Waals surface area contributed by atoms with Gasteiger partial charge in [-0.3, -0.25) is 9.59 Å². The lowest BCUT2D eigenvalue weighted by Crippen LogP contribution is -2.26. The Morgan fingerprint density at radius 2 is 2.14 bits per heavy atom. The Morgan fingerprint density at radius 3 is 2.82 bits per heavy atom. The van der Waals surface area contributed by atoms with E-state index in [-0.39, 0.29) is 24.1 Å². The van der Waals surface area contributed by atoms with E-state index in [2.05, 4.69) is 31.6 Å². The highest BCUT2D eigenvalue weighted by Crippen LogP contribution is 2.11. The van der Waals surface area contributed by atoms with Crippen LogP contribution in [-0.4, -0.2) is 45.8 Å². The molecule has 0 unspecified atom stereocenters. The van der Waals surface area contributed by atoms with Crippen LogP contribution in [0.25, 0.3) is 0 Å². The number of benzene rings is 1. The van der Waals surface area contributed by atoms with E-state index in [0.717, 1.165) is 10.0 Å². The van der Waals surface area contributed by atoms with E-state index in [9.17, 15) is 9.59 Å². The molecule has 1 aromatic heterocycles. The highest BCUT2D eigenvalue weighted by Gasteiger charge is 2.12. The van der Waals surface area contributed by atoms with E-state index in [1.165, 1.54) is 15.8 Å². The van der Waals surface area contributed by atoms with E-state index in [4.69, 9.17) is 0 Å². The molecule has 22 heavy (non-hydrogen) atoms. The zero-order valence-electron chi connectivity index (χ0n) is 12.3. The molecule has 1 N–H and O–H groups in total. The Hall–Kier alpha value is -2.22. The molecule has 0 aliphatic carbocycles. The van der Waals surface area contributed by atoms with Gasteiger partial charge in [0.25, 0.3) is 5.91 Å². The minimum absolute atomic E-state index is 0.0545. The van der Waals surface area contributed by atoms with Crippen molar-refractivity contribution in [1.29, 1.82) is 0 Å². The van der Waals surface area contributed by atoms with E-state index < -0.39 is 0 Å². The summed E-state index contributed by atoms with van der Waals surface area (Å²) in [7, 11) is 3.32. The van der Waals surface area contributed by atoms with Crippen LogP contribution in [0.1, 0.15) is 16.1 Å². The molecule has 0 saturated heterocycles. The maximum absolute atomic E-state index is 12.0. The van der Waals surface area contributed by atoms with Crippen LogP contribution in [0.4, 0.5) is 0 Å². The monoisotopic (exact) mass is 365 g/mol. The average Bonchev–Trinajstić information content (AvgIpc) is 2.93. The lowest BCUT2D eigenvalue weighted by molar-refractivity contribution is -0.129. The number of amides is 2. The second-order valence-electron chi connectivity index (χ2n) is 4.90. The van der Waals surface area contributed by atoms with E-state index >= 15 is 0 Å². The molecule has 0 saturated carbocycles. The summed E-state index contributed by atoms with van der Waals surface area (Å²) < 4.78 is 2.29. The predicted molar refractivity (Wildman–Crippen MR) is 84.0 cm³/mol. The molecule has 0 aliphatic rings. The summed E-state index contributed by atoms with van der Waals surface area (Å²) in [5.74, 6) is -0.450. The van der Waals surface area contributed by atoms with Crippen LogP contribution in [0.3, 0.4) is 0 Å². The third-order valence-corrected chi connectivity index (χ3v) is 3.40. The Morgan fingerprint density at radius 1 is 1.36 bits per heavy atom. The maximum atomic E-state index is 12.0. The normalized spacial score (nSPS) is 10.3. The molecule has 2 amide bonds. The number of nitrogens with zero attached hydrogens (tertiary/aromatic N) is 4. The number of nitrogens with one attached hydrogen (secondary N) is 1. The third kappa shape index (κ3) is 4.39. The van der Waals surface area contributed by atoms with Crippen molar-refractivity contribution in [2.45, 2.75) is 13.1 Å². The van der Waals surface area contributed by atoms with E-state index in [1.54, 1.807) is 14.1 Å². The summed E-state index contributed by atoms with van der Waals surface area (Å²) in [6, 6.07) is 7.65. The maximum Gasteiger partial charge on any atom is 0.273 e. The number of aromatic nitrogens is 3. The zero-order chi connectivity index (χ0) is 16.1. The van der Waals surface area contributed by atoms with Crippen molar-refractivity contribution < 1.29 is 9.59 Å². The lowest BCUT2D eigenvalue weighted by Gasteiger charge is -2.08. The molecule has 0 bridgehead atoms. The minimum atomic E-state index is -0.330. The molecule has 2 rings (SSSR count). The summed E-state index contributed by atoms with van der Waals surface area (Å²) in [5, 5.41) is 10.3. The first-order valence-corrected chi connectivity index (χ1v) is 7.38. The van der Waals surface area contributed by atoms with Crippen molar-refractivity contribution in [3.05, 3.63) is 46.2 Å². The van der Waals surface area contributed by atoms with Gasteiger partial charge in [-0.2, -0.15) is 0 Å². The van der Waals surface area contributed by atoms with Crippen LogP contribution in [0, 0.1) is 0 Å². The summed E-state index contributed by atoms with van der Waals surface area (Å²) in [6.45, 7) is 0.445. The Balaban J connectivity index is 1.93. The zero-order valence-corrected chi connectivity index (χ0v) is 13.9. The van der Waals surface area contributed by atoms with Crippen LogP contribution in [0.5, 0.6) is 0 Å². The molecule has 0 aliphatic heterocycles. The van der Waals surface area contributed by atoms with Crippen LogP contribution in [0.15, 0.2) is 34.9 Å². The molecule has 1 heterocycles. The van der Waals surface area contributed by atoms with Gasteiger partial charge in [0.2, 0.25) is 5.91 Å². The van der Waals surface area contributed by atoms with Crippen molar-refractivity contribution in [3.63, 3.8) is 0 Å². The summed E-state index contributed by atoms with van der Waals surface area (Å²) in [5.41, 5.74) is 1.15. The molecule has 2 aromatic rings. The molecule has 8 heteroatoms. The van der Waals surface area contributed by atoms with Gasteiger partial charge in [-0.05, 0) is 17.7 Å². The fraction of sp³-hybridized carbons (Fsp3) is 0.286. The highest BCUT2D eigenvalue weighted by atomic mass is 79.9. The number of likely N-dealkylation sites (N-methyl/N-ethyl adjacent to an activating group) is 1. The fourth-order valence-electron chi connectivity index (χ4n) is 1.68. The molecule has 116 valence electrons. The lowest BCUT2D eigenvalue weighted by atomic mass is 10.2. The molecule has 0 atom stereocenters. The van der Waals surface area contributed by atoms with Gasteiger partial charge >= 0.3 is 0 Å². The van der Waals surface area contributed by atoms with Crippen LogP contribution in [-0.2, 0) is 17.9 Å². The SMILES string of the molecule is CN(C)C(=O)Cn1cc(C(=O)NCc2cccc(Br)c2)nn1. The standard InChI is InChI=1S/C14H16BrN5O2/c1-19(2)13(21)9-20-8-12(17-18-20)14(22)16-7-10-4-3-5-11(15)6-10/h3-6,8H,7,9H2,1-2H3,(H,16,22). The summed E-state index contributed by atoms with van der Waals surface area (Å²) in [6.07, 6.45) is 1.46. The molecule has 0 radical (unpaired) electrons. The first kappa shape index (κ1) is 16.2. The largest absolute Gasteiger partial charge is 0.347 e. The van der Waals surface area contributed by atoms with Gasteiger partial charge in [-0.25, -0.2) is 4.68 Å². The van der Waals surface area contributed by atoms with Gasteiger partial charge in [-0.1, -0.05) is 33.3 Å². The van der Waals surface area contributed by atoms with Crippen molar-refractivity contribution in [1.82, 2.24) is 25.2 Å². The second-order valence-corrected chi connectivity index (χ2v) is 5.82. The Kier molecular flexibility index (Phi) is 5.26. The van der Waals surface area contributed by atoms with Gasteiger partial charge in [0, 0.05) is 25.1 Å². The second kappa shape index (κ2) is 7.17. The number of hydrogen-bond acceptors (Lipinski definition) is 4. The Bertz CT molecular complexity index is 683. The number of carbonyl (C=O) groups is 2. The molecular weight excluding hydrogens is 350 g/mol. The number of carbonyl (C=O) groups excluding carboxylic acids is 2. The topological polar surface area (TPSA) is 80.1 Å². The predicted octanol–water partition coefficient (Wildman–Crippen LogP) is 1.06. The number of hydrogen-bond donors (Lipinski definition) is 1. The van der Waals surface area contributed by atoms with E-state index in [1.807, 2.05) is 24.3 Å². The van der Waals surface area contributed by atoms with Crippen LogP contribution in [0.2, 0.25) is 0 Å². The van der Waals surface area contributed by atoms with Gasteiger partial charge in [-0.15, -0.1) is 5.10 Å². The first-order chi connectivity index (χ1) is 10.5. The van der Waals surface area contributed by atoms with Gasteiger partial charge in [0.15, 0.2) is 5.69 Å². The smallest absolute Gasteiger partial charge is 0.273 e. The van der Waals surface area contributed by atoms with Crippen molar-refractivity contribution in [2.75, 3.05) is 14.1 Å². The number of halogens is 1. The van der Waals surface area contributed by atoms with Crippen molar-refractivity contribution in [3.8, 4) is 0 Å². The third-order valence-electron chi connectivity index (χ3n) is 2.91. The molecule has 0 spiro atoms.